The molecule has 0 radical (unpaired) electrons. The molecule has 2 aromatic rings. The second-order valence-corrected chi connectivity index (χ2v) is 6.75. The molecule has 2 amide bonds. The van der Waals surface area contributed by atoms with Gasteiger partial charge in [-0.3, -0.25) is 14.4 Å². The van der Waals surface area contributed by atoms with Gasteiger partial charge in [0.15, 0.2) is 5.78 Å². The molecule has 0 unspecified atom stereocenters. The van der Waals surface area contributed by atoms with Crippen molar-refractivity contribution < 1.29 is 19.1 Å². The van der Waals surface area contributed by atoms with E-state index in [4.69, 9.17) is 16.3 Å². The van der Waals surface area contributed by atoms with Crippen molar-refractivity contribution in [2.75, 3.05) is 26.0 Å². The van der Waals surface area contributed by atoms with Crippen LogP contribution in [0, 0.1) is 0 Å². The zero-order valence-corrected chi connectivity index (χ0v) is 16.7. The number of benzene rings is 2. The van der Waals surface area contributed by atoms with Crippen LogP contribution in [0.3, 0.4) is 0 Å². The van der Waals surface area contributed by atoms with Crippen molar-refractivity contribution in [3.05, 3.63) is 59.1 Å². The monoisotopic (exact) mass is 402 g/mol. The lowest BCUT2D eigenvalue weighted by atomic mass is 10.1. The third-order valence-electron chi connectivity index (χ3n) is 4.12. The zero-order chi connectivity index (χ0) is 20.5. The minimum atomic E-state index is -0.313. The van der Waals surface area contributed by atoms with Crippen LogP contribution in [0.1, 0.15) is 29.6 Å². The first kappa shape index (κ1) is 21.4. The Morgan fingerprint density at radius 1 is 1.07 bits per heavy atom. The molecule has 6 nitrogen and oxygen atoms in total. The largest absolute Gasteiger partial charge is 0.497 e. The Balaban J connectivity index is 1.74. The number of nitrogens with zero attached hydrogens (tertiary/aromatic N) is 1. The van der Waals surface area contributed by atoms with Crippen LogP contribution in [0.15, 0.2) is 48.5 Å². The number of likely N-dealkylation sites (N-methyl/N-ethyl adjacent to an activating group) is 1. The molecule has 0 fully saturated rings. The van der Waals surface area contributed by atoms with E-state index < -0.39 is 0 Å². The molecule has 0 aliphatic heterocycles. The van der Waals surface area contributed by atoms with Gasteiger partial charge in [-0.2, -0.15) is 0 Å². The van der Waals surface area contributed by atoms with E-state index in [2.05, 4.69) is 5.32 Å². The Morgan fingerprint density at radius 2 is 1.79 bits per heavy atom. The molecular formula is C21H23ClN2O4. The van der Waals surface area contributed by atoms with Crippen LogP contribution < -0.4 is 10.1 Å². The molecule has 1 N–H and O–H groups in total. The summed E-state index contributed by atoms with van der Waals surface area (Å²) in [5, 5.41) is 3.21. The second-order valence-electron chi connectivity index (χ2n) is 6.31. The SMILES string of the molecule is COc1ccc(C(=O)CCCC(=O)N(C)CC(=O)Nc2cccc(Cl)c2)cc1. The van der Waals surface area contributed by atoms with Crippen LogP contribution >= 0.6 is 11.6 Å². The number of anilines is 1. The summed E-state index contributed by atoms with van der Waals surface area (Å²) in [5.74, 6) is 0.150. The van der Waals surface area contributed by atoms with Gasteiger partial charge in [-0.15, -0.1) is 0 Å². The molecule has 0 saturated carbocycles. The van der Waals surface area contributed by atoms with Gasteiger partial charge in [0.2, 0.25) is 11.8 Å². The average Bonchev–Trinajstić information content (AvgIpc) is 2.67. The summed E-state index contributed by atoms with van der Waals surface area (Å²) in [6.07, 6.45) is 0.882. The molecule has 0 bridgehead atoms. The Morgan fingerprint density at radius 3 is 2.43 bits per heavy atom. The Hall–Kier alpha value is -2.86. The van der Waals surface area contributed by atoms with E-state index in [1.54, 1.807) is 62.7 Å². The number of carbonyl (C=O) groups excluding carboxylic acids is 3. The van der Waals surface area contributed by atoms with Crippen molar-refractivity contribution >= 4 is 34.9 Å². The van der Waals surface area contributed by atoms with Crippen LogP contribution in [0.4, 0.5) is 5.69 Å². The lowest BCUT2D eigenvalue weighted by Gasteiger charge is -2.16. The summed E-state index contributed by atoms with van der Waals surface area (Å²) in [6.45, 7) is -0.0717. The molecule has 0 spiro atoms. The molecule has 148 valence electrons. The van der Waals surface area contributed by atoms with Crippen molar-refractivity contribution in [2.24, 2.45) is 0 Å². The van der Waals surface area contributed by atoms with Gasteiger partial charge in [-0.1, -0.05) is 17.7 Å². The first-order valence-electron chi connectivity index (χ1n) is 8.85. The predicted molar refractivity (Wildman–Crippen MR) is 109 cm³/mol. The summed E-state index contributed by atoms with van der Waals surface area (Å²) in [5.41, 5.74) is 1.16. The van der Waals surface area contributed by atoms with E-state index in [1.165, 1.54) is 4.90 Å². The first-order valence-corrected chi connectivity index (χ1v) is 9.23. The van der Waals surface area contributed by atoms with Gasteiger partial charge in [-0.05, 0) is 48.9 Å². The van der Waals surface area contributed by atoms with Crippen molar-refractivity contribution in [1.29, 1.82) is 0 Å². The maximum Gasteiger partial charge on any atom is 0.243 e. The smallest absolute Gasteiger partial charge is 0.243 e. The van der Waals surface area contributed by atoms with Gasteiger partial charge < -0.3 is 15.0 Å². The molecule has 0 atom stereocenters. The van der Waals surface area contributed by atoms with Gasteiger partial charge in [0, 0.05) is 36.2 Å². The third kappa shape index (κ3) is 6.70. The fourth-order valence-electron chi connectivity index (χ4n) is 2.58. The van der Waals surface area contributed by atoms with Gasteiger partial charge >= 0.3 is 0 Å². The molecule has 2 rings (SSSR count). The molecule has 0 aromatic heterocycles. The van der Waals surface area contributed by atoms with Crippen LogP contribution in [-0.4, -0.2) is 43.2 Å². The van der Waals surface area contributed by atoms with Crippen molar-refractivity contribution in [2.45, 2.75) is 19.3 Å². The van der Waals surface area contributed by atoms with E-state index in [0.717, 1.165) is 0 Å². The maximum atomic E-state index is 12.2. The number of amides is 2. The van der Waals surface area contributed by atoms with Crippen LogP contribution in [0.2, 0.25) is 5.02 Å². The van der Waals surface area contributed by atoms with Crippen molar-refractivity contribution in [3.8, 4) is 5.75 Å². The average molecular weight is 403 g/mol. The van der Waals surface area contributed by atoms with E-state index in [-0.39, 0.29) is 37.0 Å². The number of Topliss-reactive ketones (excluding diaryl/α,β-unsaturated/α-hetero) is 1. The number of carbonyl (C=O) groups is 3. The summed E-state index contributed by atoms with van der Waals surface area (Å²) < 4.78 is 5.06. The quantitative estimate of drug-likeness (QED) is 0.647. The minimum Gasteiger partial charge on any atom is -0.497 e. The fraction of sp³-hybridized carbons (Fsp3) is 0.286. The highest BCUT2D eigenvalue weighted by Crippen LogP contribution is 2.15. The first-order chi connectivity index (χ1) is 13.4. The number of hydrogen-bond donors (Lipinski definition) is 1. The van der Waals surface area contributed by atoms with Crippen LogP contribution in [0.5, 0.6) is 5.75 Å². The lowest BCUT2D eigenvalue weighted by molar-refractivity contribution is -0.133. The molecular weight excluding hydrogens is 380 g/mol. The zero-order valence-electron chi connectivity index (χ0n) is 15.9. The predicted octanol–water partition coefficient (Wildman–Crippen LogP) is 3.80. The van der Waals surface area contributed by atoms with Crippen LogP contribution in [-0.2, 0) is 9.59 Å². The number of nitrogens with one attached hydrogen (secondary N) is 1. The standard InChI is InChI=1S/C21H23ClN2O4/c1-24(14-20(26)23-17-6-3-5-16(22)13-17)21(27)8-4-7-19(25)15-9-11-18(28-2)12-10-15/h3,5-6,9-13H,4,7-8,14H2,1-2H3,(H,23,26). The fourth-order valence-corrected chi connectivity index (χ4v) is 2.77. The number of halogens is 1. The number of methoxy groups -OCH3 is 1. The topological polar surface area (TPSA) is 75.7 Å². The highest BCUT2D eigenvalue weighted by Gasteiger charge is 2.14. The van der Waals surface area contributed by atoms with Gasteiger partial charge in [0.05, 0.1) is 13.7 Å². The molecule has 0 aliphatic rings. The minimum absolute atomic E-state index is 0.0307. The highest BCUT2D eigenvalue weighted by molar-refractivity contribution is 6.30. The van der Waals surface area contributed by atoms with E-state index in [0.29, 0.717) is 28.4 Å². The van der Waals surface area contributed by atoms with Crippen molar-refractivity contribution in [1.82, 2.24) is 4.90 Å². The summed E-state index contributed by atoms with van der Waals surface area (Å²) >= 11 is 5.88. The molecule has 0 saturated heterocycles. The normalized spacial score (nSPS) is 10.2. The Bertz CT molecular complexity index is 837. The van der Waals surface area contributed by atoms with Crippen LogP contribution in [0.25, 0.3) is 0 Å². The van der Waals surface area contributed by atoms with Gasteiger partial charge in [0.25, 0.3) is 0 Å². The number of hydrogen-bond acceptors (Lipinski definition) is 4. The summed E-state index contributed by atoms with van der Waals surface area (Å²) in [4.78, 5) is 37.7. The molecule has 0 aliphatic carbocycles. The summed E-state index contributed by atoms with van der Waals surface area (Å²) in [7, 11) is 3.12. The van der Waals surface area contributed by atoms with Crippen molar-refractivity contribution in [3.63, 3.8) is 0 Å². The number of ether oxygens (including phenoxy) is 1. The summed E-state index contributed by atoms with van der Waals surface area (Å²) in [6, 6.07) is 13.6. The second kappa shape index (κ2) is 10.5. The lowest BCUT2D eigenvalue weighted by Crippen LogP contribution is -2.34. The third-order valence-corrected chi connectivity index (χ3v) is 4.36. The highest BCUT2D eigenvalue weighted by atomic mass is 35.5. The molecule has 2 aromatic carbocycles. The molecule has 0 heterocycles. The molecule has 28 heavy (non-hydrogen) atoms. The van der Waals surface area contributed by atoms with E-state index >= 15 is 0 Å². The van der Waals surface area contributed by atoms with Gasteiger partial charge in [-0.25, -0.2) is 0 Å². The maximum absolute atomic E-state index is 12.2. The van der Waals surface area contributed by atoms with E-state index in [9.17, 15) is 14.4 Å². The van der Waals surface area contributed by atoms with E-state index in [1.807, 2.05) is 0 Å². The molecule has 7 heteroatoms. The number of ketones is 1. The van der Waals surface area contributed by atoms with Gasteiger partial charge in [0.1, 0.15) is 5.75 Å². The number of rotatable bonds is 9. The Kier molecular flexibility index (Phi) is 8.02. The Labute approximate surface area is 169 Å².